The Balaban J connectivity index is 2.06. The molecule has 0 unspecified atom stereocenters. The summed E-state index contributed by atoms with van der Waals surface area (Å²) in [7, 11) is -1.08. The molecule has 33 heavy (non-hydrogen) atoms. The summed E-state index contributed by atoms with van der Waals surface area (Å²) in [6, 6.07) is 4.49. The van der Waals surface area contributed by atoms with E-state index in [1.165, 1.54) is 19.1 Å². The summed E-state index contributed by atoms with van der Waals surface area (Å²) in [4.78, 5) is 12.9. The first-order chi connectivity index (χ1) is 15.0. The molecule has 3 rings (SSSR count). The number of carbonyl (C=O) groups excluding carboxylic acids is 1. The van der Waals surface area contributed by atoms with E-state index in [1.807, 2.05) is 0 Å². The van der Waals surface area contributed by atoms with Crippen molar-refractivity contribution in [1.29, 1.82) is 0 Å². The molecule has 0 aliphatic carbocycles. The maximum absolute atomic E-state index is 14.3. The van der Waals surface area contributed by atoms with Crippen LogP contribution < -0.4 is 10.8 Å². The van der Waals surface area contributed by atoms with Crippen molar-refractivity contribution in [2.24, 2.45) is 0 Å². The van der Waals surface area contributed by atoms with Gasteiger partial charge in [-0.05, 0) is 45.6 Å². The molecular formula is C21H19BF7NO3. The number of benzene rings is 2. The number of hydrogen-bond acceptors (Lipinski definition) is 3. The summed E-state index contributed by atoms with van der Waals surface area (Å²) in [6.07, 6.45) is -5.70. The second kappa shape index (κ2) is 8.02. The van der Waals surface area contributed by atoms with Gasteiger partial charge < -0.3 is 14.6 Å². The molecule has 1 N–H and O–H groups in total. The molecule has 0 radical (unpaired) electrons. The molecule has 178 valence electrons. The van der Waals surface area contributed by atoms with Crippen molar-refractivity contribution >= 4 is 24.2 Å². The van der Waals surface area contributed by atoms with Crippen LogP contribution in [0.25, 0.3) is 0 Å². The zero-order valence-corrected chi connectivity index (χ0v) is 18.2. The lowest BCUT2D eigenvalue weighted by Gasteiger charge is -2.32. The lowest BCUT2D eigenvalue weighted by atomic mass is 9.74. The number of nitrogens with one attached hydrogen (secondary N) is 1. The van der Waals surface area contributed by atoms with Crippen LogP contribution in [0.3, 0.4) is 0 Å². The summed E-state index contributed by atoms with van der Waals surface area (Å²) >= 11 is 0. The summed E-state index contributed by atoms with van der Waals surface area (Å²) in [5, 5.41) is 1.65. The largest absolute Gasteiger partial charge is 0.495 e. The third-order valence-electron chi connectivity index (χ3n) is 5.82. The zero-order valence-electron chi connectivity index (χ0n) is 18.2. The summed E-state index contributed by atoms with van der Waals surface area (Å²) in [5.74, 6) is -11.4. The van der Waals surface area contributed by atoms with E-state index in [4.69, 9.17) is 9.31 Å². The van der Waals surface area contributed by atoms with Gasteiger partial charge in [0.05, 0.1) is 11.2 Å². The minimum absolute atomic E-state index is 0.153. The number of halogens is 7. The van der Waals surface area contributed by atoms with Gasteiger partial charge >= 0.3 is 13.3 Å². The Morgan fingerprint density at radius 2 is 1.39 bits per heavy atom. The fourth-order valence-corrected chi connectivity index (χ4v) is 3.33. The smallest absolute Gasteiger partial charge is 0.399 e. The topological polar surface area (TPSA) is 47.6 Å². The Morgan fingerprint density at radius 3 is 1.85 bits per heavy atom. The quantitative estimate of drug-likeness (QED) is 0.380. The average Bonchev–Trinajstić information content (AvgIpc) is 2.89. The number of anilines is 1. The van der Waals surface area contributed by atoms with Gasteiger partial charge in [-0.3, -0.25) is 4.79 Å². The van der Waals surface area contributed by atoms with Gasteiger partial charge in [-0.1, -0.05) is 18.2 Å². The van der Waals surface area contributed by atoms with E-state index in [-0.39, 0.29) is 16.6 Å². The van der Waals surface area contributed by atoms with E-state index in [9.17, 15) is 35.5 Å². The SMILES string of the molecule is Cc1cccc(B2OC(C)(C)C(C)(C)O2)c1C(=O)Nc1c(F)c(F)c(C(F)(F)F)c(F)c1F. The predicted octanol–water partition coefficient (Wildman–Crippen LogP) is 5.12. The van der Waals surface area contributed by atoms with Crippen LogP contribution >= 0.6 is 0 Å². The highest BCUT2D eigenvalue weighted by molar-refractivity contribution is 6.64. The van der Waals surface area contributed by atoms with Crippen molar-refractivity contribution in [3.05, 3.63) is 58.2 Å². The molecule has 1 heterocycles. The minimum atomic E-state index is -5.70. The molecule has 0 aromatic heterocycles. The average molecular weight is 477 g/mol. The highest BCUT2D eigenvalue weighted by Gasteiger charge is 2.52. The van der Waals surface area contributed by atoms with Crippen LogP contribution in [0.1, 0.15) is 49.2 Å². The zero-order chi connectivity index (χ0) is 25.1. The molecule has 1 amide bonds. The molecule has 0 atom stereocenters. The van der Waals surface area contributed by atoms with Gasteiger partial charge in [0.15, 0.2) is 23.3 Å². The molecule has 2 aromatic rings. The molecular weight excluding hydrogens is 458 g/mol. The molecule has 1 fully saturated rings. The third kappa shape index (κ3) is 4.21. The molecule has 0 bridgehead atoms. The highest BCUT2D eigenvalue weighted by Crippen LogP contribution is 2.39. The predicted molar refractivity (Wildman–Crippen MR) is 106 cm³/mol. The summed E-state index contributed by atoms with van der Waals surface area (Å²) < 4.78 is 107. The lowest BCUT2D eigenvalue weighted by molar-refractivity contribution is -0.143. The molecule has 2 aromatic carbocycles. The first kappa shape index (κ1) is 25.0. The van der Waals surface area contributed by atoms with Crippen molar-refractivity contribution in [1.82, 2.24) is 0 Å². The fraction of sp³-hybridized carbons (Fsp3) is 0.381. The Hall–Kier alpha value is -2.60. The van der Waals surface area contributed by atoms with Crippen molar-refractivity contribution in [3.8, 4) is 0 Å². The second-order valence-electron chi connectivity index (χ2n) is 8.59. The number of hydrogen-bond donors (Lipinski definition) is 1. The van der Waals surface area contributed by atoms with Crippen LogP contribution in [0.2, 0.25) is 0 Å². The highest BCUT2D eigenvalue weighted by atomic mass is 19.4. The van der Waals surface area contributed by atoms with Crippen molar-refractivity contribution < 1.29 is 44.8 Å². The van der Waals surface area contributed by atoms with Gasteiger partial charge in [-0.15, -0.1) is 0 Å². The Kier molecular flexibility index (Phi) is 6.08. The molecule has 12 heteroatoms. The maximum Gasteiger partial charge on any atom is 0.495 e. The van der Waals surface area contributed by atoms with Gasteiger partial charge in [-0.2, -0.15) is 13.2 Å². The van der Waals surface area contributed by atoms with Gasteiger partial charge in [0, 0.05) is 5.56 Å². The standard InChI is InChI=1S/C21H19BF7NO3/c1-9-7-6-8-10(22-32-19(2,3)20(4,5)33-22)11(9)18(31)30-17-15(25)13(23)12(21(27,28)29)14(24)16(17)26/h6-8H,1-5H3,(H,30,31). The number of carbonyl (C=O) groups is 1. The van der Waals surface area contributed by atoms with Crippen LogP contribution in [-0.4, -0.2) is 24.2 Å². The molecule has 1 saturated heterocycles. The monoisotopic (exact) mass is 477 g/mol. The van der Waals surface area contributed by atoms with Gasteiger partial charge in [0.2, 0.25) is 0 Å². The van der Waals surface area contributed by atoms with E-state index >= 15 is 0 Å². The summed E-state index contributed by atoms with van der Waals surface area (Å²) in [5.41, 5.74) is -5.76. The van der Waals surface area contributed by atoms with Crippen LogP contribution in [0.5, 0.6) is 0 Å². The maximum atomic E-state index is 14.3. The number of amides is 1. The van der Waals surface area contributed by atoms with Crippen molar-refractivity contribution in [2.75, 3.05) is 5.32 Å². The van der Waals surface area contributed by atoms with Crippen LogP contribution in [0.4, 0.5) is 36.4 Å². The fourth-order valence-electron chi connectivity index (χ4n) is 3.33. The first-order valence-corrected chi connectivity index (χ1v) is 9.69. The van der Waals surface area contributed by atoms with Crippen LogP contribution in [0, 0.1) is 30.2 Å². The Morgan fingerprint density at radius 1 is 0.909 bits per heavy atom. The number of rotatable bonds is 3. The Bertz CT molecular complexity index is 1090. The normalized spacial score (nSPS) is 17.4. The van der Waals surface area contributed by atoms with E-state index < -0.39 is 64.9 Å². The molecule has 4 nitrogen and oxygen atoms in total. The summed E-state index contributed by atoms with van der Waals surface area (Å²) in [6.45, 7) is 8.48. The van der Waals surface area contributed by atoms with Crippen LogP contribution in [0.15, 0.2) is 18.2 Å². The number of aryl methyl sites for hydroxylation is 1. The van der Waals surface area contributed by atoms with Crippen LogP contribution in [-0.2, 0) is 15.5 Å². The Labute approximate surface area is 185 Å². The van der Waals surface area contributed by atoms with E-state index in [1.54, 1.807) is 39.1 Å². The lowest BCUT2D eigenvalue weighted by Crippen LogP contribution is -2.41. The van der Waals surface area contributed by atoms with E-state index in [2.05, 4.69) is 0 Å². The van der Waals surface area contributed by atoms with Gasteiger partial charge in [0.1, 0.15) is 11.3 Å². The second-order valence-corrected chi connectivity index (χ2v) is 8.59. The van der Waals surface area contributed by atoms with Gasteiger partial charge in [0.25, 0.3) is 5.91 Å². The van der Waals surface area contributed by atoms with E-state index in [0.29, 0.717) is 0 Å². The molecule has 1 aliphatic rings. The minimum Gasteiger partial charge on any atom is -0.399 e. The molecule has 1 aliphatic heterocycles. The van der Waals surface area contributed by atoms with Crippen molar-refractivity contribution in [2.45, 2.75) is 52.0 Å². The van der Waals surface area contributed by atoms with Crippen molar-refractivity contribution in [3.63, 3.8) is 0 Å². The first-order valence-electron chi connectivity index (χ1n) is 9.69. The number of alkyl halides is 3. The molecule has 0 saturated carbocycles. The van der Waals surface area contributed by atoms with E-state index in [0.717, 1.165) is 0 Å². The third-order valence-corrected chi connectivity index (χ3v) is 5.82. The van der Waals surface area contributed by atoms with Gasteiger partial charge in [-0.25, -0.2) is 17.6 Å². The molecule has 0 spiro atoms.